The van der Waals surface area contributed by atoms with Crippen LogP contribution < -0.4 is 10.6 Å². The molecule has 0 fully saturated rings. The number of anilines is 2. The Balaban J connectivity index is 2.03. The van der Waals surface area contributed by atoms with E-state index in [-0.39, 0.29) is 17.1 Å². The normalized spacial score (nSPS) is 11.7. The summed E-state index contributed by atoms with van der Waals surface area (Å²) in [4.78, 5) is 25.4. The van der Waals surface area contributed by atoms with Gasteiger partial charge in [0.25, 0.3) is 0 Å². The molecule has 0 aliphatic heterocycles. The van der Waals surface area contributed by atoms with Crippen molar-refractivity contribution in [2.24, 2.45) is 0 Å². The monoisotopic (exact) mass is 404 g/mol. The Labute approximate surface area is 170 Å². The van der Waals surface area contributed by atoms with Crippen molar-refractivity contribution in [2.45, 2.75) is 50.2 Å². The molecule has 2 rings (SSSR count). The van der Waals surface area contributed by atoms with E-state index in [1.807, 2.05) is 57.2 Å². The first-order valence-corrected chi connectivity index (χ1v) is 10.3. The highest BCUT2D eigenvalue weighted by molar-refractivity contribution is 8.00. The predicted octanol–water partition coefficient (Wildman–Crippen LogP) is 5.90. The van der Waals surface area contributed by atoms with Crippen molar-refractivity contribution in [1.29, 1.82) is 0 Å². The number of hydrogen-bond acceptors (Lipinski definition) is 3. The fourth-order valence-electron chi connectivity index (χ4n) is 2.48. The Morgan fingerprint density at radius 3 is 2.48 bits per heavy atom. The van der Waals surface area contributed by atoms with Gasteiger partial charge in [0.05, 0.1) is 5.25 Å². The second kappa shape index (κ2) is 10.4. The van der Waals surface area contributed by atoms with E-state index in [2.05, 4.69) is 10.6 Å². The van der Waals surface area contributed by atoms with Crippen LogP contribution in [0.2, 0.25) is 5.02 Å². The van der Waals surface area contributed by atoms with Crippen molar-refractivity contribution in [3.63, 3.8) is 0 Å². The van der Waals surface area contributed by atoms with Crippen LogP contribution in [0.5, 0.6) is 0 Å². The summed E-state index contributed by atoms with van der Waals surface area (Å²) < 4.78 is 0. The van der Waals surface area contributed by atoms with Crippen LogP contribution in [-0.4, -0.2) is 17.1 Å². The summed E-state index contributed by atoms with van der Waals surface area (Å²) in [6.07, 6.45) is 1.99. The maximum atomic E-state index is 12.6. The van der Waals surface area contributed by atoms with E-state index < -0.39 is 0 Å². The Hall–Kier alpha value is -1.98. The molecule has 0 aliphatic rings. The summed E-state index contributed by atoms with van der Waals surface area (Å²) in [5, 5.41) is 6.20. The van der Waals surface area contributed by atoms with Crippen molar-refractivity contribution < 1.29 is 9.59 Å². The molecule has 2 amide bonds. The number of aryl methyl sites for hydroxylation is 1. The maximum Gasteiger partial charge on any atom is 0.237 e. The topological polar surface area (TPSA) is 58.2 Å². The zero-order valence-electron chi connectivity index (χ0n) is 15.8. The molecule has 0 heterocycles. The summed E-state index contributed by atoms with van der Waals surface area (Å²) >= 11 is 7.61. The number of hydrogen-bond donors (Lipinski definition) is 2. The van der Waals surface area contributed by atoms with Gasteiger partial charge < -0.3 is 10.6 Å². The fourth-order valence-corrected chi connectivity index (χ4v) is 3.67. The van der Waals surface area contributed by atoms with Gasteiger partial charge in [-0.1, -0.05) is 37.6 Å². The second-order valence-electron chi connectivity index (χ2n) is 6.29. The number of carbonyl (C=O) groups excluding carboxylic acids is 2. The second-order valence-corrected chi connectivity index (χ2v) is 7.98. The molecule has 0 spiro atoms. The van der Waals surface area contributed by atoms with Crippen molar-refractivity contribution in [1.82, 2.24) is 0 Å². The summed E-state index contributed by atoms with van der Waals surface area (Å²) in [7, 11) is 0. The summed E-state index contributed by atoms with van der Waals surface area (Å²) in [6.45, 7) is 5.87. The van der Waals surface area contributed by atoms with Crippen LogP contribution in [0, 0.1) is 6.92 Å². The zero-order chi connectivity index (χ0) is 19.8. The molecule has 1 unspecified atom stereocenters. The van der Waals surface area contributed by atoms with Crippen molar-refractivity contribution in [3.8, 4) is 0 Å². The van der Waals surface area contributed by atoms with E-state index in [4.69, 9.17) is 11.6 Å². The molecule has 27 heavy (non-hydrogen) atoms. The van der Waals surface area contributed by atoms with Gasteiger partial charge in [0, 0.05) is 27.7 Å². The maximum absolute atomic E-state index is 12.6. The average molecular weight is 405 g/mol. The summed E-state index contributed by atoms with van der Waals surface area (Å²) in [5.41, 5.74) is 2.41. The molecule has 2 aromatic rings. The number of thioether (sulfide) groups is 1. The third kappa shape index (κ3) is 6.60. The molecular formula is C21H25ClN2O2S. The highest BCUT2D eigenvalue weighted by Gasteiger charge is 2.18. The first-order valence-electron chi connectivity index (χ1n) is 9.06. The Morgan fingerprint density at radius 2 is 1.81 bits per heavy atom. The first-order chi connectivity index (χ1) is 12.9. The molecule has 0 saturated heterocycles. The lowest BCUT2D eigenvalue weighted by molar-refractivity contribution is -0.116. The Bertz CT molecular complexity index is 811. The molecule has 4 nitrogen and oxygen atoms in total. The molecule has 2 aromatic carbocycles. The molecule has 0 aliphatic carbocycles. The standard InChI is InChI=1S/C21H25ClN2O2S/c1-4-7-20(25)23-15-8-6-9-17(12-15)27-19(5-2)21(26)24-16-11-10-14(3)18(22)13-16/h6,8-13,19H,4-5,7H2,1-3H3,(H,23,25)(H,24,26). The van der Waals surface area contributed by atoms with E-state index in [1.54, 1.807) is 6.07 Å². The van der Waals surface area contributed by atoms with Gasteiger partial charge in [-0.05, 0) is 55.7 Å². The quantitative estimate of drug-likeness (QED) is 0.538. The Morgan fingerprint density at radius 1 is 1.07 bits per heavy atom. The minimum atomic E-state index is -0.244. The van der Waals surface area contributed by atoms with E-state index in [1.165, 1.54) is 11.8 Å². The lowest BCUT2D eigenvalue weighted by Gasteiger charge is -2.16. The van der Waals surface area contributed by atoms with Gasteiger partial charge >= 0.3 is 0 Å². The van der Waals surface area contributed by atoms with Crippen LogP contribution in [0.1, 0.15) is 38.7 Å². The lowest BCUT2D eigenvalue weighted by atomic mass is 10.2. The lowest BCUT2D eigenvalue weighted by Crippen LogP contribution is -2.24. The molecule has 1 atom stereocenters. The molecular weight excluding hydrogens is 380 g/mol. The van der Waals surface area contributed by atoms with Gasteiger partial charge in [0.1, 0.15) is 0 Å². The highest BCUT2D eigenvalue weighted by Crippen LogP contribution is 2.29. The van der Waals surface area contributed by atoms with Crippen LogP contribution in [0.25, 0.3) is 0 Å². The predicted molar refractivity (Wildman–Crippen MR) is 115 cm³/mol. The number of nitrogens with one attached hydrogen (secondary N) is 2. The molecule has 0 radical (unpaired) electrons. The number of amides is 2. The molecule has 0 bridgehead atoms. The third-order valence-electron chi connectivity index (χ3n) is 3.98. The summed E-state index contributed by atoms with van der Waals surface area (Å²) in [5.74, 6) is -0.0662. The minimum Gasteiger partial charge on any atom is -0.326 e. The number of halogens is 1. The van der Waals surface area contributed by atoms with Gasteiger partial charge in [-0.3, -0.25) is 9.59 Å². The smallest absolute Gasteiger partial charge is 0.237 e. The number of rotatable bonds is 8. The highest BCUT2D eigenvalue weighted by atomic mass is 35.5. The number of benzene rings is 2. The van der Waals surface area contributed by atoms with Gasteiger partial charge in [0.15, 0.2) is 0 Å². The average Bonchev–Trinajstić information content (AvgIpc) is 2.63. The van der Waals surface area contributed by atoms with Gasteiger partial charge in [0.2, 0.25) is 11.8 Å². The van der Waals surface area contributed by atoms with Crippen LogP contribution in [0.3, 0.4) is 0 Å². The van der Waals surface area contributed by atoms with Crippen molar-refractivity contribution in [2.75, 3.05) is 10.6 Å². The van der Waals surface area contributed by atoms with Gasteiger partial charge in [-0.2, -0.15) is 0 Å². The molecule has 144 valence electrons. The van der Waals surface area contributed by atoms with E-state index in [0.29, 0.717) is 23.6 Å². The van der Waals surface area contributed by atoms with Crippen LogP contribution in [0.4, 0.5) is 11.4 Å². The molecule has 6 heteroatoms. The van der Waals surface area contributed by atoms with Gasteiger partial charge in [-0.25, -0.2) is 0 Å². The van der Waals surface area contributed by atoms with Crippen LogP contribution in [0.15, 0.2) is 47.4 Å². The fraction of sp³-hybridized carbons (Fsp3) is 0.333. The largest absolute Gasteiger partial charge is 0.326 e. The molecule has 0 saturated carbocycles. The minimum absolute atomic E-state index is 0.000634. The van der Waals surface area contributed by atoms with E-state index in [0.717, 1.165) is 22.6 Å². The van der Waals surface area contributed by atoms with Crippen molar-refractivity contribution in [3.05, 3.63) is 53.1 Å². The molecule has 2 N–H and O–H groups in total. The van der Waals surface area contributed by atoms with Crippen molar-refractivity contribution >= 4 is 46.6 Å². The van der Waals surface area contributed by atoms with Crippen LogP contribution >= 0.6 is 23.4 Å². The van der Waals surface area contributed by atoms with Gasteiger partial charge in [-0.15, -0.1) is 11.8 Å². The third-order valence-corrected chi connectivity index (χ3v) is 5.74. The first kappa shape index (κ1) is 21.3. The van der Waals surface area contributed by atoms with Crippen LogP contribution in [-0.2, 0) is 9.59 Å². The number of carbonyl (C=O) groups is 2. The SMILES string of the molecule is CCCC(=O)Nc1cccc(SC(CC)C(=O)Nc2ccc(C)c(Cl)c2)c1. The Kier molecular flexibility index (Phi) is 8.20. The molecule has 0 aromatic heterocycles. The zero-order valence-corrected chi connectivity index (χ0v) is 17.4. The van der Waals surface area contributed by atoms with E-state index >= 15 is 0 Å². The summed E-state index contributed by atoms with van der Waals surface area (Å²) in [6, 6.07) is 13.1. The van der Waals surface area contributed by atoms with E-state index in [9.17, 15) is 9.59 Å².